The van der Waals surface area contributed by atoms with Crippen LogP contribution in [0.3, 0.4) is 0 Å². The number of nitrogens with one attached hydrogen (secondary N) is 1. The summed E-state index contributed by atoms with van der Waals surface area (Å²) in [7, 11) is 0. The Hall–Kier alpha value is -2.34. The van der Waals surface area contributed by atoms with Gasteiger partial charge in [0, 0.05) is 35.4 Å². The lowest BCUT2D eigenvalue weighted by Gasteiger charge is -2.09. The fraction of sp³-hybridized carbons (Fsp3) is 0.368. The number of rotatable bonds is 5. The van der Waals surface area contributed by atoms with Gasteiger partial charge >= 0.3 is 0 Å². The maximum Gasteiger partial charge on any atom is 0.287 e. The highest BCUT2D eigenvalue weighted by Gasteiger charge is 2.29. The van der Waals surface area contributed by atoms with E-state index in [2.05, 4.69) is 10.3 Å². The number of hydrogen-bond donors (Lipinski definition) is 1. The monoisotopic (exact) mass is 356 g/mol. The van der Waals surface area contributed by atoms with E-state index in [4.69, 9.17) is 8.83 Å². The predicted molar refractivity (Wildman–Crippen MR) is 96.1 cm³/mol. The minimum atomic E-state index is -0.153. The summed E-state index contributed by atoms with van der Waals surface area (Å²) in [5.41, 5.74) is 2.91. The molecule has 0 saturated heterocycles. The van der Waals surface area contributed by atoms with Gasteiger partial charge in [0.1, 0.15) is 11.5 Å². The molecule has 1 aliphatic carbocycles. The SMILES string of the molecule is Cc1nc2c(s1)CCc1oc(C(=O)NCCCc3ccco3)c(C)c1-2. The lowest BCUT2D eigenvalue weighted by atomic mass is 9.97. The molecule has 0 bridgehead atoms. The second kappa shape index (κ2) is 6.52. The maximum atomic E-state index is 12.5. The van der Waals surface area contributed by atoms with Crippen LogP contribution in [0, 0.1) is 13.8 Å². The van der Waals surface area contributed by atoms with Crippen molar-refractivity contribution in [2.45, 2.75) is 39.5 Å². The van der Waals surface area contributed by atoms with E-state index in [0.717, 1.165) is 59.0 Å². The molecule has 6 heteroatoms. The van der Waals surface area contributed by atoms with Crippen molar-refractivity contribution in [3.63, 3.8) is 0 Å². The van der Waals surface area contributed by atoms with Crippen molar-refractivity contribution in [3.05, 3.63) is 51.1 Å². The Balaban J connectivity index is 1.46. The van der Waals surface area contributed by atoms with E-state index in [1.54, 1.807) is 17.6 Å². The largest absolute Gasteiger partial charge is 0.469 e. The number of amides is 1. The molecule has 3 heterocycles. The van der Waals surface area contributed by atoms with Gasteiger partial charge in [-0.1, -0.05) is 0 Å². The van der Waals surface area contributed by atoms with Gasteiger partial charge in [-0.3, -0.25) is 4.79 Å². The molecule has 1 N–H and O–H groups in total. The van der Waals surface area contributed by atoms with Gasteiger partial charge in [-0.2, -0.15) is 0 Å². The molecule has 0 radical (unpaired) electrons. The molecule has 0 unspecified atom stereocenters. The van der Waals surface area contributed by atoms with Crippen LogP contribution < -0.4 is 5.32 Å². The molecule has 0 atom stereocenters. The molecular formula is C19H20N2O3S. The number of hydrogen-bond acceptors (Lipinski definition) is 5. The summed E-state index contributed by atoms with van der Waals surface area (Å²) in [6, 6.07) is 3.82. The van der Waals surface area contributed by atoms with E-state index < -0.39 is 0 Å². The van der Waals surface area contributed by atoms with Gasteiger partial charge < -0.3 is 14.2 Å². The third-order valence-electron chi connectivity index (χ3n) is 4.51. The number of fused-ring (bicyclic) bond motifs is 3. The summed E-state index contributed by atoms with van der Waals surface area (Å²) in [5, 5.41) is 4.01. The third kappa shape index (κ3) is 3.02. The first-order chi connectivity index (χ1) is 12.1. The minimum Gasteiger partial charge on any atom is -0.469 e. The number of carbonyl (C=O) groups is 1. The lowest BCUT2D eigenvalue weighted by molar-refractivity contribution is 0.0922. The van der Waals surface area contributed by atoms with Gasteiger partial charge in [-0.25, -0.2) is 4.98 Å². The zero-order valence-electron chi connectivity index (χ0n) is 14.3. The third-order valence-corrected chi connectivity index (χ3v) is 5.54. The first-order valence-electron chi connectivity index (χ1n) is 8.53. The topological polar surface area (TPSA) is 68.3 Å². The molecule has 130 valence electrons. The van der Waals surface area contributed by atoms with E-state index in [-0.39, 0.29) is 5.91 Å². The zero-order valence-corrected chi connectivity index (χ0v) is 15.2. The van der Waals surface area contributed by atoms with E-state index >= 15 is 0 Å². The molecule has 0 spiro atoms. The number of carbonyl (C=O) groups excluding carboxylic acids is 1. The van der Waals surface area contributed by atoms with Gasteiger partial charge in [0.15, 0.2) is 5.76 Å². The van der Waals surface area contributed by atoms with Crippen molar-refractivity contribution in [2.24, 2.45) is 0 Å². The normalized spacial score (nSPS) is 12.7. The predicted octanol–water partition coefficient (Wildman–Crippen LogP) is 4.07. The molecule has 25 heavy (non-hydrogen) atoms. The lowest BCUT2D eigenvalue weighted by Crippen LogP contribution is -2.25. The number of furan rings is 2. The van der Waals surface area contributed by atoms with Gasteiger partial charge in [-0.05, 0) is 38.8 Å². The highest BCUT2D eigenvalue weighted by atomic mass is 32.1. The Labute approximate surface area is 150 Å². The van der Waals surface area contributed by atoms with Crippen LogP contribution in [-0.2, 0) is 19.3 Å². The average molecular weight is 356 g/mol. The van der Waals surface area contributed by atoms with Crippen molar-refractivity contribution in [1.29, 1.82) is 0 Å². The van der Waals surface area contributed by atoms with Crippen LogP contribution in [0.1, 0.15) is 43.9 Å². The van der Waals surface area contributed by atoms with Crippen molar-refractivity contribution in [2.75, 3.05) is 6.54 Å². The Kier molecular flexibility index (Phi) is 4.21. The first-order valence-corrected chi connectivity index (χ1v) is 9.34. The van der Waals surface area contributed by atoms with Gasteiger partial charge in [-0.15, -0.1) is 11.3 Å². The number of nitrogens with zero attached hydrogens (tertiary/aromatic N) is 1. The smallest absolute Gasteiger partial charge is 0.287 e. The van der Waals surface area contributed by atoms with E-state index in [0.29, 0.717) is 12.3 Å². The number of thiazole rings is 1. The van der Waals surface area contributed by atoms with E-state index in [1.165, 1.54) is 4.88 Å². The maximum absolute atomic E-state index is 12.5. The van der Waals surface area contributed by atoms with Crippen LogP contribution >= 0.6 is 11.3 Å². The standard InChI is InChI=1S/C19H20N2O3S/c1-11-16-14(7-8-15-17(16)21-12(2)25-15)24-18(11)19(22)20-9-3-5-13-6-4-10-23-13/h4,6,10H,3,5,7-9H2,1-2H3,(H,20,22). The van der Waals surface area contributed by atoms with Crippen molar-refractivity contribution < 1.29 is 13.6 Å². The highest BCUT2D eigenvalue weighted by molar-refractivity contribution is 7.12. The van der Waals surface area contributed by atoms with Crippen LogP contribution in [0.2, 0.25) is 0 Å². The summed E-state index contributed by atoms with van der Waals surface area (Å²) in [4.78, 5) is 18.5. The molecule has 3 aromatic heterocycles. The molecule has 0 aliphatic heterocycles. The zero-order chi connectivity index (χ0) is 17.4. The quantitative estimate of drug-likeness (QED) is 0.700. The molecule has 0 saturated carbocycles. The van der Waals surface area contributed by atoms with Crippen molar-refractivity contribution in [3.8, 4) is 11.3 Å². The van der Waals surface area contributed by atoms with Gasteiger partial charge in [0.2, 0.25) is 0 Å². The molecule has 1 amide bonds. The Morgan fingerprint density at radius 1 is 1.36 bits per heavy atom. The van der Waals surface area contributed by atoms with Crippen molar-refractivity contribution in [1.82, 2.24) is 10.3 Å². The van der Waals surface area contributed by atoms with Crippen LogP contribution in [0.25, 0.3) is 11.3 Å². The van der Waals surface area contributed by atoms with Crippen LogP contribution in [0.5, 0.6) is 0 Å². The minimum absolute atomic E-state index is 0.153. The van der Waals surface area contributed by atoms with E-state index in [1.807, 2.05) is 26.0 Å². The molecular weight excluding hydrogens is 336 g/mol. The Bertz CT molecular complexity index is 906. The second-order valence-corrected chi connectivity index (χ2v) is 7.59. The average Bonchev–Trinajstić information content (AvgIpc) is 3.29. The molecule has 4 rings (SSSR count). The number of aryl methyl sites for hydroxylation is 4. The highest BCUT2D eigenvalue weighted by Crippen LogP contribution is 2.40. The summed E-state index contributed by atoms with van der Waals surface area (Å²) < 4.78 is 11.2. The fourth-order valence-corrected chi connectivity index (χ4v) is 4.28. The van der Waals surface area contributed by atoms with Crippen LogP contribution in [0.15, 0.2) is 27.2 Å². The fourth-order valence-electron chi connectivity index (χ4n) is 3.34. The molecule has 0 aromatic carbocycles. The molecule has 5 nitrogen and oxygen atoms in total. The van der Waals surface area contributed by atoms with Crippen LogP contribution in [0.4, 0.5) is 0 Å². The van der Waals surface area contributed by atoms with Gasteiger partial charge in [0.05, 0.1) is 17.0 Å². The van der Waals surface area contributed by atoms with Crippen molar-refractivity contribution >= 4 is 17.2 Å². The first kappa shape index (κ1) is 16.1. The molecule has 0 fully saturated rings. The Morgan fingerprint density at radius 3 is 3.04 bits per heavy atom. The molecule has 3 aromatic rings. The summed E-state index contributed by atoms with van der Waals surface area (Å²) >= 11 is 1.73. The van der Waals surface area contributed by atoms with Gasteiger partial charge in [0.25, 0.3) is 5.91 Å². The summed E-state index contributed by atoms with van der Waals surface area (Å²) in [6.07, 6.45) is 5.07. The Morgan fingerprint density at radius 2 is 2.24 bits per heavy atom. The number of aromatic nitrogens is 1. The summed E-state index contributed by atoms with van der Waals surface area (Å²) in [5.74, 6) is 2.09. The molecule has 1 aliphatic rings. The second-order valence-electron chi connectivity index (χ2n) is 6.30. The van der Waals surface area contributed by atoms with E-state index in [9.17, 15) is 4.79 Å². The van der Waals surface area contributed by atoms with Crippen LogP contribution in [-0.4, -0.2) is 17.4 Å². The summed E-state index contributed by atoms with van der Waals surface area (Å²) in [6.45, 7) is 4.56.